The second kappa shape index (κ2) is 9.33. The zero-order valence-corrected chi connectivity index (χ0v) is 17.3. The van der Waals surface area contributed by atoms with Gasteiger partial charge in [0, 0.05) is 30.0 Å². The van der Waals surface area contributed by atoms with Gasteiger partial charge >= 0.3 is 0 Å². The van der Waals surface area contributed by atoms with Gasteiger partial charge in [0.1, 0.15) is 0 Å². The summed E-state index contributed by atoms with van der Waals surface area (Å²) in [6.45, 7) is 0.641. The van der Waals surface area contributed by atoms with Crippen LogP contribution in [0, 0.1) is 0 Å². The van der Waals surface area contributed by atoms with Crippen molar-refractivity contribution in [3.63, 3.8) is 0 Å². The summed E-state index contributed by atoms with van der Waals surface area (Å²) in [5.41, 5.74) is 3.08. The summed E-state index contributed by atoms with van der Waals surface area (Å²) >= 11 is 0. The van der Waals surface area contributed by atoms with E-state index in [0.717, 1.165) is 16.9 Å². The number of halogens is 1. The summed E-state index contributed by atoms with van der Waals surface area (Å²) in [6.07, 6.45) is 0. The number of anilines is 1. The van der Waals surface area contributed by atoms with E-state index in [1.54, 1.807) is 21.3 Å². The maximum Gasteiger partial charge on any atom is 0.195 e. The van der Waals surface area contributed by atoms with E-state index in [4.69, 9.17) is 9.47 Å². The highest BCUT2D eigenvalue weighted by Crippen LogP contribution is 2.29. The summed E-state index contributed by atoms with van der Waals surface area (Å²) in [4.78, 5) is 7.65. The van der Waals surface area contributed by atoms with Crippen LogP contribution in [0.1, 0.15) is 5.69 Å². The van der Waals surface area contributed by atoms with E-state index in [2.05, 4.69) is 38.8 Å². The topological polar surface area (TPSA) is 70.7 Å². The molecule has 3 N–H and O–H groups in total. The van der Waals surface area contributed by atoms with Gasteiger partial charge in [-0.15, -0.1) is 24.0 Å². The highest BCUT2D eigenvalue weighted by Gasteiger charge is 2.07. The fourth-order valence-corrected chi connectivity index (χ4v) is 2.64. The Hall–Kier alpha value is -2.42. The van der Waals surface area contributed by atoms with Crippen molar-refractivity contribution in [3.05, 3.63) is 54.2 Å². The average Bonchev–Trinajstić information content (AvgIpc) is 3.07. The Morgan fingerprint density at radius 3 is 2.50 bits per heavy atom. The molecule has 3 rings (SSSR count). The fourth-order valence-electron chi connectivity index (χ4n) is 2.64. The second-order valence-electron chi connectivity index (χ2n) is 5.50. The first-order valence-electron chi connectivity index (χ1n) is 8.00. The molecule has 0 aliphatic heterocycles. The van der Waals surface area contributed by atoms with Crippen LogP contribution >= 0.6 is 24.0 Å². The summed E-state index contributed by atoms with van der Waals surface area (Å²) in [7, 11) is 4.97. The summed E-state index contributed by atoms with van der Waals surface area (Å²) in [5, 5.41) is 7.74. The number of para-hydroxylation sites is 1. The molecular weight excluding hydrogens is 443 g/mol. The lowest BCUT2D eigenvalue weighted by Crippen LogP contribution is -2.30. The quantitative estimate of drug-likeness (QED) is 0.302. The molecule has 0 aliphatic carbocycles. The normalized spacial score (nSPS) is 11.0. The van der Waals surface area contributed by atoms with Crippen molar-refractivity contribution in [2.24, 2.45) is 4.99 Å². The third-order valence-electron chi connectivity index (χ3n) is 3.90. The van der Waals surface area contributed by atoms with E-state index in [0.29, 0.717) is 24.0 Å². The lowest BCUT2D eigenvalue weighted by Gasteiger charge is -2.13. The third kappa shape index (κ3) is 4.60. The van der Waals surface area contributed by atoms with E-state index >= 15 is 0 Å². The van der Waals surface area contributed by atoms with E-state index < -0.39 is 0 Å². The number of H-pyrrole nitrogens is 1. The zero-order chi connectivity index (χ0) is 17.6. The number of hydrogen-bond donors (Lipinski definition) is 3. The van der Waals surface area contributed by atoms with Crippen LogP contribution in [0.3, 0.4) is 0 Å². The van der Waals surface area contributed by atoms with Crippen molar-refractivity contribution in [2.75, 3.05) is 26.6 Å². The molecule has 6 nitrogen and oxygen atoms in total. The highest BCUT2D eigenvalue weighted by molar-refractivity contribution is 14.0. The number of rotatable bonds is 5. The first-order chi connectivity index (χ1) is 12.2. The number of fused-ring (bicyclic) bond motifs is 1. The van der Waals surface area contributed by atoms with Gasteiger partial charge in [-0.05, 0) is 29.7 Å². The molecule has 1 aromatic heterocycles. The number of aromatic nitrogens is 1. The lowest BCUT2D eigenvalue weighted by atomic mass is 10.2. The fraction of sp³-hybridized carbons (Fsp3) is 0.211. The van der Waals surface area contributed by atoms with Gasteiger partial charge in [-0.25, -0.2) is 0 Å². The lowest BCUT2D eigenvalue weighted by molar-refractivity contribution is 0.355. The Morgan fingerprint density at radius 2 is 1.81 bits per heavy atom. The van der Waals surface area contributed by atoms with Crippen LogP contribution in [0.4, 0.5) is 5.69 Å². The van der Waals surface area contributed by atoms with Crippen molar-refractivity contribution in [2.45, 2.75) is 6.54 Å². The number of guanidine groups is 1. The predicted molar refractivity (Wildman–Crippen MR) is 117 cm³/mol. The van der Waals surface area contributed by atoms with E-state index in [-0.39, 0.29) is 24.0 Å². The maximum atomic E-state index is 5.32. The molecule has 0 fully saturated rings. The van der Waals surface area contributed by atoms with Gasteiger partial charge < -0.3 is 25.1 Å². The maximum absolute atomic E-state index is 5.32. The molecule has 2 aromatic carbocycles. The van der Waals surface area contributed by atoms with Gasteiger partial charge in [-0.1, -0.05) is 18.2 Å². The molecule has 1 heterocycles. The Morgan fingerprint density at radius 1 is 1.04 bits per heavy atom. The van der Waals surface area contributed by atoms with Crippen molar-refractivity contribution in [1.29, 1.82) is 0 Å². The predicted octanol–water partition coefficient (Wildman–Crippen LogP) is 3.99. The summed E-state index contributed by atoms with van der Waals surface area (Å²) in [5.74, 6) is 2.03. The first kappa shape index (κ1) is 19.9. The number of aromatic amines is 1. The van der Waals surface area contributed by atoms with Crippen LogP contribution in [0.2, 0.25) is 0 Å². The molecule has 3 aromatic rings. The van der Waals surface area contributed by atoms with Gasteiger partial charge in [0.25, 0.3) is 0 Å². The van der Waals surface area contributed by atoms with Crippen molar-refractivity contribution < 1.29 is 9.47 Å². The number of methoxy groups -OCH3 is 2. The number of nitrogens with one attached hydrogen (secondary N) is 3. The van der Waals surface area contributed by atoms with E-state index in [1.165, 1.54) is 5.39 Å². The minimum atomic E-state index is 0. The number of aliphatic imine (C=N–C) groups is 1. The molecule has 0 amide bonds. The van der Waals surface area contributed by atoms with Gasteiger partial charge in [0.15, 0.2) is 17.5 Å². The van der Waals surface area contributed by atoms with Crippen molar-refractivity contribution in [1.82, 2.24) is 10.3 Å². The van der Waals surface area contributed by atoms with E-state index in [1.807, 2.05) is 30.3 Å². The van der Waals surface area contributed by atoms with E-state index in [9.17, 15) is 0 Å². The molecule has 0 radical (unpaired) electrons. The molecule has 0 aliphatic rings. The molecule has 26 heavy (non-hydrogen) atoms. The van der Waals surface area contributed by atoms with Gasteiger partial charge in [0.2, 0.25) is 0 Å². The van der Waals surface area contributed by atoms with Crippen LogP contribution in [-0.2, 0) is 6.54 Å². The van der Waals surface area contributed by atoms with Crippen LogP contribution in [0.5, 0.6) is 11.5 Å². The molecule has 138 valence electrons. The van der Waals surface area contributed by atoms with Gasteiger partial charge in [-0.3, -0.25) is 4.99 Å². The van der Waals surface area contributed by atoms with Gasteiger partial charge in [-0.2, -0.15) is 0 Å². The average molecular weight is 466 g/mol. The number of benzene rings is 2. The molecule has 0 spiro atoms. The molecule has 7 heteroatoms. The molecular formula is C19H23IN4O2. The monoisotopic (exact) mass is 466 g/mol. The minimum Gasteiger partial charge on any atom is -0.493 e. The third-order valence-corrected chi connectivity index (χ3v) is 3.90. The second-order valence-corrected chi connectivity index (χ2v) is 5.50. The Labute approximate surface area is 170 Å². The zero-order valence-electron chi connectivity index (χ0n) is 15.0. The molecule has 0 saturated heterocycles. The molecule has 0 unspecified atom stereocenters. The first-order valence-corrected chi connectivity index (χ1v) is 8.00. The van der Waals surface area contributed by atoms with Crippen molar-refractivity contribution >= 4 is 46.5 Å². The van der Waals surface area contributed by atoms with Crippen LogP contribution in [0.15, 0.2) is 53.5 Å². The van der Waals surface area contributed by atoms with Gasteiger partial charge in [0.05, 0.1) is 20.8 Å². The Bertz CT molecular complexity index is 859. The van der Waals surface area contributed by atoms with Crippen LogP contribution < -0.4 is 20.1 Å². The summed E-state index contributed by atoms with van der Waals surface area (Å²) in [6, 6.07) is 16.0. The SMILES string of the molecule is CN=C(NCc1cc2ccccc2[nH]1)Nc1ccc(OC)c(OC)c1.I. The number of ether oxygens (including phenoxy) is 2. The largest absolute Gasteiger partial charge is 0.493 e. The standard InChI is InChI=1S/C19H22N4O2.HI/c1-20-19(23-14-8-9-17(24-2)18(11-14)25-3)21-12-15-10-13-6-4-5-7-16(13)22-15;/h4-11,22H,12H2,1-3H3,(H2,20,21,23);1H. The summed E-state index contributed by atoms with van der Waals surface area (Å²) < 4.78 is 10.6. The smallest absolute Gasteiger partial charge is 0.195 e. The Balaban J connectivity index is 0.00000243. The Kier molecular flexibility index (Phi) is 7.14. The molecule has 0 bridgehead atoms. The minimum absolute atomic E-state index is 0. The number of hydrogen-bond acceptors (Lipinski definition) is 3. The van der Waals surface area contributed by atoms with Crippen LogP contribution in [0.25, 0.3) is 10.9 Å². The van der Waals surface area contributed by atoms with Crippen LogP contribution in [-0.4, -0.2) is 32.2 Å². The van der Waals surface area contributed by atoms with Crippen molar-refractivity contribution in [3.8, 4) is 11.5 Å². The highest BCUT2D eigenvalue weighted by atomic mass is 127. The molecule has 0 saturated carbocycles. The number of nitrogens with zero attached hydrogens (tertiary/aromatic N) is 1. The molecule has 0 atom stereocenters.